The smallest absolute Gasteiger partial charge is 0.311 e. The molecular weight excluding hydrogens is 244 g/mol. The Morgan fingerprint density at radius 1 is 1.21 bits per heavy atom. The van der Waals surface area contributed by atoms with E-state index in [9.17, 15) is 10.5 Å². The van der Waals surface area contributed by atoms with E-state index in [1.54, 1.807) is 0 Å². The zero-order valence-electron chi connectivity index (χ0n) is 11.1. The van der Waals surface area contributed by atoms with Crippen LogP contribution in [0.1, 0.15) is 26.7 Å². The van der Waals surface area contributed by atoms with Gasteiger partial charge in [0.2, 0.25) is 0 Å². The quantitative estimate of drug-likeness (QED) is 0.661. The van der Waals surface area contributed by atoms with Gasteiger partial charge in [0.05, 0.1) is 25.4 Å². The summed E-state index contributed by atoms with van der Waals surface area (Å²) in [6.07, 6.45) is 1.36. The second kappa shape index (κ2) is 3.27. The van der Waals surface area contributed by atoms with Crippen LogP contribution in [0.4, 0.5) is 0 Å². The minimum absolute atomic E-state index is 0.308. The van der Waals surface area contributed by atoms with Gasteiger partial charge in [0.25, 0.3) is 5.84 Å². The Balaban J connectivity index is 2.29. The average Bonchev–Trinajstić information content (AvgIpc) is 2.65. The second-order valence-corrected chi connectivity index (χ2v) is 5.37. The highest BCUT2D eigenvalue weighted by Crippen LogP contribution is 2.85. The maximum absolute atomic E-state index is 9.83. The molecule has 2 fully saturated rings. The minimum Gasteiger partial charge on any atom is -0.311 e. The van der Waals surface area contributed by atoms with Crippen LogP contribution in [-0.4, -0.2) is 25.0 Å². The summed E-state index contributed by atoms with van der Waals surface area (Å²) in [5.41, 5.74) is 3.48. The molecule has 100 valence electrons. The summed E-state index contributed by atoms with van der Waals surface area (Å²) in [4.78, 5) is 2.94. The molecule has 0 bridgehead atoms. The molecule has 1 saturated heterocycles. The van der Waals surface area contributed by atoms with Crippen molar-refractivity contribution in [2.24, 2.45) is 22.0 Å². The Morgan fingerprint density at radius 3 is 2.16 bits per heavy atom. The predicted octanol–water partition coefficient (Wildman–Crippen LogP) is -1.02. The zero-order valence-corrected chi connectivity index (χ0v) is 11.1. The van der Waals surface area contributed by atoms with E-state index >= 15 is 0 Å². The van der Waals surface area contributed by atoms with E-state index in [0.717, 1.165) is 0 Å². The van der Waals surface area contributed by atoms with Gasteiger partial charge in [-0.3, -0.25) is 5.73 Å². The summed E-state index contributed by atoms with van der Waals surface area (Å²) in [6.45, 7) is 4.76. The zero-order chi connectivity index (χ0) is 13.9. The lowest BCUT2D eigenvalue weighted by atomic mass is 9.85. The van der Waals surface area contributed by atoms with E-state index in [4.69, 9.17) is 15.2 Å². The summed E-state index contributed by atoms with van der Waals surface area (Å²) >= 11 is 0. The number of hydrogen-bond donors (Lipinski definition) is 2. The van der Waals surface area contributed by atoms with E-state index in [-0.39, 0.29) is 0 Å². The molecule has 3 rings (SSSR count). The van der Waals surface area contributed by atoms with Crippen molar-refractivity contribution in [2.45, 2.75) is 32.6 Å². The summed E-state index contributed by atoms with van der Waals surface area (Å²) in [7, 11) is 0. The fourth-order valence-corrected chi connectivity index (χ4v) is 4.61. The molecule has 2 aliphatic heterocycles. The summed E-state index contributed by atoms with van der Waals surface area (Å²) in [6, 6.07) is 4.62. The van der Waals surface area contributed by atoms with E-state index in [1.165, 1.54) is 0 Å². The van der Waals surface area contributed by atoms with Crippen molar-refractivity contribution in [2.75, 3.05) is 13.2 Å². The van der Waals surface area contributed by atoms with Crippen LogP contribution in [0.25, 0.3) is 0 Å². The van der Waals surface area contributed by atoms with Crippen LogP contribution in [-0.2, 0) is 9.47 Å². The summed E-state index contributed by atoms with van der Waals surface area (Å²) in [5.74, 6) is -0.949. The van der Waals surface area contributed by atoms with Gasteiger partial charge in [-0.15, -0.1) is 0 Å². The van der Waals surface area contributed by atoms with E-state index in [0.29, 0.717) is 31.9 Å². The van der Waals surface area contributed by atoms with Crippen LogP contribution in [0.15, 0.2) is 0 Å². The van der Waals surface area contributed by atoms with Gasteiger partial charge < -0.3 is 9.47 Å². The predicted molar refractivity (Wildman–Crippen MR) is 63.9 cm³/mol. The van der Waals surface area contributed by atoms with Gasteiger partial charge in [0, 0.05) is 5.41 Å². The first-order valence-electron chi connectivity index (χ1n) is 6.59. The molecule has 0 unspecified atom stereocenters. The van der Waals surface area contributed by atoms with E-state index < -0.39 is 22.2 Å². The van der Waals surface area contributed by atoms with E-state index in [1.807, 2.05) is 13.8 Å². The van der Waals surface area contributed by atoms with Crippen LogP contribution in [0.3, 0.4) is 0 Å². The third-order valence-corrected chi connectivity index (χ3v) is 5.37. The third-order valence-electron chi connectivity index (χ3n) is 5.37. The first kappa shape index (κ1) is 12.4. The molecule has 2 heterocycles. The van der Waals surface area contributed by atoms with Crippen LogP contribution >= 0.6 is 0 Å². The van der Waals surface area contributed by atoms with Crippen LogP contribution in [0, 0.1) is 38.9 Å². The summed E-state index contributed by atoms with van der Waals surface area (Å²) < 4.78 is 11.4. The third kappa shape index (κ3) is 0.816. The highest BCUT2D eigenvalue weighted by atomic mass is 16.8. The van der Waals surface area contributed by atoms with Crippen molar-refractivity contribution in [3.63, 3.8) is 0 Å². The van der Waals surface area contributed by atoms with Gasteiger partial charge >= 0.3 is 5.91 Å². The van der Waals surface area contributed by atoms with Crippen molar-refractivity contribution in [1.82, 2.24) is 0 Å². The lowest BCUT2D eigenvalue weighted by Gasteiger charge is -2.27. The Hall–Kier alpha value is -1.63. The molecule has 0 aromatic heterocycles. The first-order valence-corrected chi connectivity index (χ1v) is 6.59. The highest BCUT2D eigenvalue weighted by molar-refractivity contribution is 5.94. The molecule has 6 nitrogen and oxygen atoms in total. The van der Waals surface area contributed by atoms with Crippen LogP contribution in [0.2, 0.25) is 0 Å². The largest absolute Gasteiger partial charge is 0.343 e. The van der Waals surface area contributed by atoms with Gasteiger partial charge in [0.1, 0.15) is 0 Å². The Bertz CT molecular complexity index is 548. The maximum atomic E-state index is 9.83. The topological polar surface area (TPSA) is 106 Å². The number of hydrogen-bond acceptors (Lipinski definition) is 5. The van der Waals surface area contributed by atoms with Crippen molar-refractivity contribution in [3.8, 4) is 12.1 Å². The normalized spacial score (nSPS) is 40.3. The van der Waals surface area contributed by atoms with Gasteiger partial charge in [-0.25, -0.2) is 4.99 Å². The Morgan fingerprint density at radius 2 is 1.79 bits per heavy atom. The molecule has 19 heavy (non-hydrogen) atoms. The van der Waals surface area contributed by atoms with Crippen molar-refractivity contribution >= 4 is 5.84 Å². The number of nitrogens with zero attached hydrogens (tertiary/aromatic N) is 2. The van der Waals surface area contributed by atoms with Crippen LogP contribution < -0.4 is 10.7 Å². The minimum atomic E-state index is -1.26. The number of nitrogens with two attached hydrogens (primary N) is 1. The Kier molecular flexibility index (Phi) is 2.14. The molecular formula is C13H17N4O2+. The van der Waals surface area contributed by atoms with Gasteiger partial charge in [-0.2, -0.15) is 10.5 Å². The fraction of sp³-hybridized carbons (Fsp3) is 0.769. The average molecular weight is 261 g/mol. The molecule has 3 aliphatic rings. The monoisotopic (exact) mass is 261 g/mol. The van der Waals surface area contributed by atoms with Gasteiger partial charge in [-0.05, 0) is 12.8 Å². The van der Waals surface area contributed by atoms with Crippen molar-refractivity contribution < 1.29 is 14.5 Å². The number of rotatable bonds is 2. The molecule has 1 spiro atoms. The number of fused-ring (bicyclic) bond motifs is 2. The molecule has 0 aromatic carbocycles. The van der Waals surface area contributed by atoms with Crippen molar-refractivity contribution in [1.29, 1.82) is 10.5 Å². The Labute approximate surface area is 111 Å². The van der Waals surface area contributed by atoms with Gasteiger partial charge in [0.15, 0.2) is 10.8 Å². The lowest BCUT2D eigenvalue weighted by molar-refractivity contribution is -0.678. The molecule has 6 heteroatoms. The highest BCUT2D eigenvalue weighted by Gasteiger charge is 3.03. The second-order valence-electron chi connectivity index (χ2n) is 5.37. The molecule has 2 atom stereocenters. The van der Waals surface area contributed by atoms with Crippen LogP contribution in [0.5, 0.6) is 0 Å². The van der Waals surface area contributed by atoms with Gasteiger partial charge in [-0.1, -0.05) is 13.8 Å². The number of amidine groups is 1. The first-order chi connectivity index (χ1) is 9.08. The molecule has 1 saturated carbocycles. The fourth-order valence-electron chi connectivity index (χ4n) is 4.61. The SMILES string of the molecule is CCC1(CC)[C@]2(C#N)C3([NH+]=C(N)[C@]12C#N)OCCO3. The molecule has 0 radical (unpaired) electrons. The number of ether oxygens (including phenoxy) is 2. The van der Waals surface area contributed by atoms with E-state index in [2.05, 4.69) is 17.1 Å². The molecule has 0 aromatic rings. The summed E-state index contributed by atoms with van der Waals surface area (Å²) in [5, 5.41) is 19.6. The number of nitriles is 2. The molecule has 1 aliphatic carbocycles. The molecule has 3 N–H and O–H groups in total. The number of nitrogens with one attached hydrogen (secondary N) is 1. The maximum Gasteiger partial charge on any atom is 0.343 e. The van der Waals surface area contributed by atoms with Crippen molar-refractivity contribution in [3.05, 3.63) is 0 Å². The lowest BCUT2D eigenvalue weighted by Crippen LogP contribution is -2.90. The molecule has 0 amide bonds. The standard InChI is InChI=1S/C13H16N4O2/c1-3-10(4-2)11(7-14)9(16)17-13(12(10,11)8-15)18-5-6-19-13/h3-6H2,1-2H3,(H2,16,17)/p+1/t11-,12+/m1/s1.